The van der Waals surface area contributed by atoms with Crippen molar-refractivity contribution in [3.8, 4) is 11.6 Å². The average Bonchev–Trinajstić information content (AvgIpc) is 2.64. The van der Waals surface area contributed by atoms with Crippen LogP contribution >= 0.6 is 0 Å². The van der Waals surface area contributed by atoms with Gasteiger partial charge in [-0.15, -0.1) is 0 Å². The largest absolute Gasteiger partial charge is 0.439 e. The van der Waals surface area contributed by atoms with Crippen molar-refractivity contribution in [3.05, 3.63) is 48.2 Å². The van der Waals surface area contributed by atoms with Gasteiger partial charge >= 0.3 is 6.18 Å². The molecule has 0 unspecified atom stereocenters. The van der Waals surface area contributed by atoms with Crippen molar-refractivity contribution in [1.29, 1.82) is 0 Å². The van der Waals surface area contributed by atoms with Crippen molar-refractivity contribution < 1.29 is 27.4 Å². The molecule has 1 amide bonds. The van der Waals surface area contributed by atoms with Crippen LogP contribution in [0.5, 0.6) is 11.6 Å². The lowest BCUT2D eigenvalue weighted by Crippen LogP contribution is -2.54. The molecule has 1 aromatic heterocycles. The number of ether oxygens (including phenoxy) is 2. The van der Waals surface area contributed by atoms with E-state index in [1.807, 2.05) is 0 Å². The first-order valence-electron chi connectivity index (χ1n) is 8.25. The first-order valence-corrected chi connectivity index (χ1v) is 8.25. The zero-order valence-corrected chi connectivity index (χ0v) is 14.3. The van der Waals surface area contributed by atoms with Gasteiger partial charge in [-0.05, 0) is 43.2 Å². The van der Waals surface area contributed by atoms with Crippen LogP contribution in [-0.4, -0.2) is 29.6 Å². The van der Waals surface area contributed by atoms with Crippen molar-refractivity contribution in [2.45, 2.75) is 24.6 Å². The monoisotopic (exact) mass is 381 g/mol. The van der Waals surface area contributed by atoms with E-state index in [-0.39, 0.29) is 17.5 Å². The van der Waals surface area contributed by atoms with Crippen LogP contribution in [0.2, 0.25) is 0 Å². The van der Waals surface area contributed by atoms with Crippen molar-refractivity contribution in [2.75, 3.05) is 18.5 Å². The maximum absolute atomic E-state index is 12.6. The molecule has 2 aromatic rings. The summed E-state index contributed by atoms with van der Waals surface area (Å²) >= 11 is 0. The molecule has 27 heavy (non-hydrogen) atoms. The quantitative estimate of drug-likeness (QED) is 0.848. The Kier molecular flexibility index (Phi) is 5.33. The number of amides is 1. The van der Waals surface area contributed by atoms with E-state index >= 15 is 0 Å². The maximum Gasteiger partial charge on any atom is 0.416 e. The molecule has 1 aliphatic rings. The molecule has 1 aromatic carbocycles. The molecule has 144 valence electrons. The molecule has 9 heteroatoms. The van der Waals surface area contributed by atoms with Gasteiger partial charge in [0.2, 0.25) is 11.8 Å². The first-order chi connectivity index (χ1) is 12.8. The topological polar surface area (TPSA) is 86.5 Å². The summed E-state index contributed by atoms with van der Waals surface area (Å²) in [4.78, 5) is 16.4. The van der Waals surface area contributed by atoms with E-state index in [1.165, 1.54) is 24.4 Å². The molecule has 3 N–H and O–H groups in total. The Labute approximate surface area is 153 Å². The van der Waals surface area contributed by atoms with Gasteiger partial charge in [0.1, 0.15) is 11.3 Å². The Balaban J connectivity index is 1.61. The van der Waals surface area contributed by atoms with Gasteiger partial charge in [0.25, 0.3) is 0 Å². The van der Waals surface area contributed by atoms with Crippen LogP contribution in [0.1, 0.15) is 18.4 Å². The van der Waals surface area contributed by atoms with Gasteiger partial charge in [-0.25, -0.2) is 4.98 Å². The molecule has 0 bridgehead atoms. The third kappa shape index (κ3) is 4.75. The number of aromatic nitrogens is 1. The van der Waals surface area contributed by atoms with Crippen LogP contribution in [0, 0.1) is 0 Å². The molecule has 3 rings (SSSR count). The van der Waals surface area contributed by atoms with Gasteiger partial charge in [-0.2, -0.15) is 13.2 Å². The highest BCUT2D eigenvalue weighted by Crippen LogP contribution is 2.31. The number of carbonyl (C=O) groups is 1. The summed E-state index contributed by atoms with van der Waals surface area (Å²) < 4.78 is 48.3. The second kappa shape index (κ2) is 7.53. The molecule has 0 spiro atoms. The van der Waals surface area contributed by atoms with Crippen LogP contribution in [0.15, 0.2) is 42.6 Å². The molecule has 1 saturated heterocycles. The number of carbonyl (C=O) groups excluding carboxylic acids is 1. The first kappa shape index (κ1) is 19.1. The van der Waals surface area contributed by atoms with E-state index < -0.39 is 17.3 Å². The van der Waals surface area contributed by atoms with E-state index in [9.17, 15) is 18.0 Å². The molecule has 0 saturated carbocycles. The van der Waals surface area contributed by atoms with Crippen LogP contribution in [0.25, 0.3) is 0 Å². The van der Waals surface area contributed by atoms with Crippen molar-refractivity contribution in [1.82, 2.24) is 4.98 Å². The summed E-state index contributed by atoms with van der Waals surface area (Å²) in [6.45, 7) is 0.865. The normalized spacial score (nSPS) is 16.6. The second-order valence-corrected chi connectivity index (χ2v) is 6.23. The fourth-order valence-electron chi connectivity index (χ4n) is 2.57. The SMILES string of the molecule is NC1(C(=O)Nc2ccc(Oc3ccc(C(F)(F)F)cc3)nc2)CCOCC1. The van der Waals surface area contributed by atoms with E-state index in [1.54, 1.807) is 6.07 Å². The highest BCUT2D eigenvalue weighted by Gasteiger charge is 2.36. The maximum atomic E-state index is 12.6. The molecule has 0 atom stereocenters. The summed E-state index contributed by atoms with van der Waals surface area (Å²) in [5.74, 6) is 0.0840. The van der Waals surface area contributed by atoms with Gasteiger partial charge in [-0.1, -0.05) is 0 Å². The Hall–Kier alpha value is -2.65. The standard InChI is InChI=1S/C18H18F3N3O3/c19-18(20,21)12-1-4-14(5-2-12)27-15-6-3-13(11-23-15)24-16(25)17(22)7-9-26-10-8-17/h1-6,11H,7-10,22H2,(H,24,25). The number of rotatable bonds is 4. The number of nitrogens with zero attached hydrogens (tertiary/aromatic N) is 1. The van der Waals surface area contributed by atoms with E-state index in [0.717, 1.165) is 12.1 Å². The van der Waals surface area contributed by atoms with Gasteiger partial charge in [0, 0.05) is 19.3 Å². The number of hydrogen-bond donors (Lipinski definition) is 2. The number of halogens is 3. The minimum atomic E-state index is -4.40. The summed E-state index contributed by atoms with van der Waals surface area (Å²) in [5.41, 5.74) is 4.81. The lowest BCUT2D eigenvalue weighted by atomic mass is 9.90. The molecule has 0 radical (unpaired) electrons. The molecular formula is C18H18F3N3O3. The van der Waals surface area contributed by atoms with Crippen molar-refractivity contribution in [3.63, 3.8) is 0 Å². The minimum absolute atomic E-state index is 0.182. The zero-order chi connectivity index (χ0) is 19.5. The minimum Gasteiger partial charge on any atom is -0.439 e. The zero-order valence-electron chi connectivity index (χ0n) is 14.3. The summed E-state index contributed by atoms with van der Waals surface area (Å²) in [6.07, 6.45) is -2.15. The molecule has 6 nitrogen and oxygen atoms in total. The summed E-state index contributed by atoms with van der Waals surface area (Å²) in [5, 5.41) is 2.70. The van der Waals surface area contributed by atoms with E-state index in [2.05, 4.69) is 10.3 Å². The van der Waals surface area contributed by atoms with Crippen LogP contribution in [0.4, 0.5) is 18.9 Å². The van der Waals surface area contributed by atoms with Gasteiger partial charge in [-0.3, -0.25) is 4.79 Å². The predicted octanol–water partition coefficient (Wildman–Crippen LogP) is 3.34. The Morgan fingerprint density at radius 3 is 2.37 bits per heavy atom. The Morgan fingerprint density at radius 1 is 1.15 bits per heavy atom. The number of anilines is 1. The lowest BCUT2D eigenvalue weighted by Gasteiger charge is -2.31. The Morgan fingerprint density at radius 2 is 1.81 bits per heavy atom. The third-order valence-electron chi connectivity index (χ3n) is 4.24. The molecular weight excluding hydrogens is 363 g/mol. The third-order valence-corrected chi connectivity index (χ3v) is 4.24. The van der Waals surface area contributed by atoms with E-state index in [4.69, 9.17) is 15.2 Å². The van der Waals surface area contributed by atoms with Crippen molar-refractivity contribution >= 4 is 11.6 Å². The highest BCUT2D eigenvalue weighted by molar-refractivity contribution is 5.97. The van der Waals surface area contributed by atoms with Crippen LogP contribution in [-0.2, 0) is 15.7 Å². The number of nitrogens with two attached hydrogens (primary N) is 1. The Bertz CT molecular complexity index is 786. The second-order valence-electron chi connectivity index (χ2n) is 6.23. The van der Waals surface area contributed by atoms with Gasteiger partial charge in [0.15, 0.2) is 0 Å². The molecule has 1 aliphatic heterocycles. The predicted molar refractivity (Wildman–Crippen MR) is 91.4 cm³/mol. The van der Waals surface area contributed by atoms with E-state index in [0.29, 0.717) is 31.7 Å². The van der Waals surface area contributed by atoms with Crippen LogP contribution in [0.3, 0.4) is 0 Å². The van der Waals surface area contributed by atoms with Crippen molar-refractivity contribution in [2.24, 2.45) is 5.73 Å². The average molecular weight is 381 g/mol. The summed E-state index contributed by atoms with van der Waals surface area (Å²) in [7, 11) is 0. The number of hydrogen-bond acceptors (Lipinski definition) is 5. The molecule has 1 fully saturated rings. The van der Waals surface area contributed by atoms with Crippen LogP contribution < -0.4 is 15.8 Å². The number of pyridine rings is 1. The van der Waals surface area contributed by atoms with Gasteiger partial charge < -0.3 is 20.5 Å². The summed E-state index contributed by atoms with van der Waals surface area (Å²) in [6, 6.07) is 7.36. The van der Waals surface area contributed by atoms with Gasteiger partial charge in [0.05, 0.1) is 17.4 Å². The smallest absolute Gasteiger partial charge is 0.416 e. The lowest BCUT2D eigenvalue weighted by molar-refractivity contribution is -0.137. The fraction of sp³-hybridized carbons (Fsp3) is 0.333. The number of nitrogens with one attached hydrogen (secondary N) is 1. The highest BCUT2D eigenvalue weighted by atomic mass is 19.4. The number of alkyl halides is 3. The molecule has 0 aliphatic carbocycles. The number of benzene rings is 1. The molecule has 2 heterocycles. The fourth-order valence-corrected chi connectivity index (χ4v) is 2.57.